The summed E-state index contributed by atoms with van der Waals surface area (Å²) in [6.07, 6.45) is 3.67. The van der Waals surface area contributed by atoms with E-state index in [1.807, 2.05) is 6.07 Å². The number of nitrogens with two attached hydrogens (primary N) is 1. The van der Waals surface area contributed by atoms with Crippen LogP contribution in [0.5, 0.6) is 5.75 Å². The van der Waals surface area contributed by atoms with E-state index in [0.29, 0.717) is 6.10 Å². The van der Waals surface area contributed by atoms with Gasteiger partial charge in [0.25, 0.3) is 0 Å². The summed E-state index contributed by atoms with van der Waals surface area (Å²) in [7, 11) is 0. The molecule has 2 N–H and O–H groups in total. The van der Waals surface area contributed by atoms with Crippen molar-refractivity contribution in [2.45, 2.75) is 44.4 Å². The van der Waals surface area contributed by atoms with Crippen LogP contribution in [0.25, 0.3) is 0 Å². The molecule has 3 nitrogen and oxygen atoms in total. The number of fused-ring (bicyclic) bond motifs is 1. The summed E-state index contributed by atoms with van der Waals surface area (Å²) in [5, 5.41) is 0. The highest BCUT2D eigenvalue weighted by Gasteiger charge is 2.26. The lowest BCUT2D eigenvalue weighted by Gasteiger charge is -2.19. The van der Waals surface area contributed by atoms with Crippen LogP contribution >= 0.6 is 0 Å². The molecule has 1 aromatic rings. The molecule has 2 heterocycles. The van der Waals surface area contributed by atoms with Crippen LogP contribution in [0.2, 0.25) is 0 Å². The van der Waals surface area contributed by atoms with E-state index >= 15 is 0 Å². The van der Waals surface area contributed by atoms with Crippen LogP contribution in [0.1, 0.15) is 36.9 Å². The summed E-state index contributed by atoms with van der Waals surface area (Å²) >= 11 is 0. The molecule has 0 amide bonds. The molecule has 3 heteroatoms. The molecule has 0 aliphatic carbocycles. The summed E-state index contributed by atoms with van der Waals surface area (Å²) in [6, 6.07) is 6.30. The average molecular weight is 233 g/mol. The number of rotatable bonds is 2. The molecule has 1 fully saturated rings. The third-order valence-corrected chi connectivity index (χ3v) is 3.67. The molecule has 0 spiro atoms. The normalized spacial score (nSPS) is 28.8. The molecule has 0 radical (unpaired) electrons. The van der Waals surface area contributed by atoms with Crippen molar-refractivity contribution >= 4 is 0 Å². The molecule has 3 atom stereocenters. The van der Waals surface area contributed by atoms with Crippen LogP contribution in [-0.2, 0) is 11.2 Å². The first kappa shape index (κ1) is 11.1. The van der Waals surface area contributed by atoms with Crippen molar-refractivity contribution in [3.63, 3.8) is 0 Å². The van der Waals surface area contributed by atoms with Gasteiger partial charge < -0.3 is 15.2 Å². The van der Waals surface area contributed by atoms with Crippen LogP contribution in [-0.4, -0.2) is 18.8 Å². The third kappa shape index (κ3) is 2.05. The second-order valence-corrected chi connectivity index (χ2v) is 5.08. The first-order chi connectivity index (χ1) is 8.24. The van der Waals surface area contributed by atoms with Crippen molar-refractivity contribution in [3.05, 3.63) is 29.3 Å². The quantitative estimate of drug-likeness (QED) is 0.851. The molecule has 2 aliphatic rings. The minimum absolute atomic E-state index is 0.00120. The highest BCUT2D eigenvalue weighted by Crippen LogP contribution is 2.33. The second-order valence-electron chi connectivity index (χ2n) is 5.08. The molecule has 3 rings (SSSR count). The molecule has 3 unspecified atom stereocenters. The fraction of sp³-hybridized carbons (Fsp3) is 0.571. The molecule has 2 aliphatic heterocycles. The predicted octanol–water partition coefficient (Wildman–Crippen LogP) is 2.19. The third-order valence-electron chi connectivity index (χ3n) is 3.67. The SMILES string of the molecule is CC1Cc2cc(C(N)C3CCCO3)ccc2O1. The van der Waals surface area contributed by atoms with E-state index in [1.165, 1.54) is 11.1 Å². The molecule has 1 aromatic carbocycles. The zero-order valence-corrected chi connectivity index (χ0v) is 10.2. The maximum Gasteiger partial charge on any atom is 0.123 e. The van der Waals surface area contributed by atoms with Crippen molar-refractivity contribution in [1.29, 1.82) is 0 Å². The monoisotopic (exact) mass is 233 g/mol. The summed E-state index contributed by atoms with van der Waals surface area (Å²) < 4.78 is 11.3. The van der Waals surface area contributed by atoms with Gasteiger partial charge in [-0.05, 0) is 37.0 Å². The van der Waals surface area contributed by atoms with Gasteiger partial charge in [0, 0.05) is 13.0 Å². The molecule has 92 valence electrons. The summed E-state index contributed by atoms with van der Waals surface area (Å²) in [5.41, 5.74) is 8.72. The van der Waals surface area contributed by atoms with Gasteiger partial charge in [0.2, 0.25) is 0 Å². The van der Waals surface area contributed by atoms with Crippen molar-refractivity contribution < 1.29 is 9.47 Å². The Morgan fingerprint density at radius 3 is 3.06 bits per heavy atom. The van der Waals surface area contributed by atoms with Crippen molar-refractivity contribution in [1.82, 2.24) is 0 Å². The van der Waals surface area contributed by atoms with Gasteiger partial charge >= 0.3 is 0 Å². The Labute approximate surface area is 102 Å². The zero-order chi connectivity index (χ0) is 11.8. The smallest absolute Gasteiger partial charge is 0.123 e. The highest BCUT2D eigenvalue weighted by atomic mass is 16.5. The van der Waals surface area contributed by atoms with Gasteiger partial charge in [0.15, 0.2) is 0 Å². The van der Waals surface area contributed by atoms with Crippen LogP contribution in [0.15, 0.2) is 18.2 Å². The number of hydrogen-bond acceptors (Lipinski definition) is 3. The van der Waals surface area contributed by atoms with Crippen LogP contribution < -0.4 is 10.5 Å². The Kier molecular flexibility index (Phi) is 2.81. The van der Waals surface area contributed by atoms with Crippen molar-refractivity contribution in [2.75, 3.05) is 6.61 Å². The molecule has 1 saturated heterocycles. The Morgan fingerprint density at radius 2 is 2.29 bits per heavy atom. The largest absolute Gasteiger partial charge is 0.490 e. The standard InChI is InChI=1S/C14H19NO2/c1-9-7-11-8-10(4-5-12(11)17-9)14(15)13-3-2-6-16-13/h4-5,8-9,13-14H,2-3,6-7,15H2,1H3. The van der Waals surface area contributed by atoms with Gasteiger partial charge in [-0.3, -0.25) is 0 Å². The minimum atomic E-state index is -0.00120. The van der Waals surface area contributed by atoms with Gasteiger partial charge in [-0.15, -0.1) is 0 Å². The Balaban J connectivity index is 1.82. The van der Waals surface area contributed by atoms with E-state index in [0.717, 1.165) is 31.6 Å². The summed E-state index contributed by atoms with van der Waals surface area (Å²) in [4.78, 5) is 0. The molecular weight excluding hydrogens is 214 g/mol. The maximum atomic E-state index is 6.26. The number of ether oxygens (including phenoxy) is 2. The minimum Gasteiger partial charge on any atom is -0.490 e. The first-order valence-corrected chi connectivity index (χ1v) is 6.40. The van der Waals surface area contributed by atoms with Gasteiger partial charge in [-0.2, -0.15) is 0 Å². The van der Waals surface area contributed by atoms with Crippen LogP contribution in [0.4, 0.5) is 0 Å². The van der Waals surface area contributed by atoms with Gasteiger partial charge in [-0.1, -0.05) is 12.1 Å². The summed E-state index contributed by atoms with van der Waals surface area (Å²) in [6.45, 7) is 2.95. The van der Waals surface area contributed by atoms with E-state index < -0.39 is 0 Å². The number of benzene rings is 1. The van der Waals surface area contributed by atoms with E-state index in [1.54, 1.807) is 0 Å². The lowest BCUT2D eigenvalue weighted by atomic mass is 9.97. The molecule has 17 heavy (non-hydrogen) atoms. The van der Waals surface area contributed by atoms with Crippen molar-refractivity contribution in [3.8, 4) is 5.75 Å². The summed E-state index contributed by atoms with van der Waals surface area (Å²) in [5.74, 6) is 1.01. The molecule has 0 aromatic heterocycles. The maximum absolute atomic E-state index is 6.26. The fourth-order valence-electron chi connectivity index (χ4n) is 2.75. The van der Waals surface area contributed by atoms with E-state index in [-0.39, 0.29) is 12.1 Å². The van der Waals surface area contributed by atoms with Crippen LogP contribution in [0.3, 0.4) is 0 Å². The van der Waals surface area contributed by atoms with Crippen LogP contribution in [0, 0.1) is 0 Å². The Morgan fingerprint density at radius 1 is 1.41 bits per heavy atom. The van der Waals surface area contributed by atoms with E-state index in [4.69, 9.17) is 15.2 Å². The Hall–Kier alpha value is -1.06. The predicted molar refractivity (Wildman–Crippen MR) is 66.1 cm³/mol. The lowest BCUT2D eigenvalue weighted by molar-refractivity contribution is 0.0900. The van der Waals surface area contributed by atoms with Gasteiger partial charge in [0.1, 0.15) is 11.9 Å². The highest BCUT2D eigenvalue weighted by molar-refractivity contribution is 5.41. The van der Waals surface area contributed by atoms with E-state index in [9.17, 15) is 0 Å². The molecule has 0 saturated carbocycles. The van der Waals surface area contributed by atoms with Crippen molar-refractivity contribution in [2.24, 2.45) is 5.73 Å². The topological polar surface area (TPSA) is 44.5 Å². The Bertz CT molecular complexity index is 413. The molecule has 0 bridgehead atoms. The second kappa shape index (κ2) is 4.31. The first-order valence-electron chi connectivity index (χ1n) is 6.40. The van der Waals surface area contributed by atoms with E-state index in [2.05, 4.69) is 19.1 Å². The number of hydrogen-bond donors (Lipinski definition) is 1. The lowest BCUT2D eigenvalue weighted by Crippen LogP contribution is -2.25. The fourth-order valence-corrected chi connectivity index (χ4v) is 2.75. The molecular formula is C14H19NO2. The van der Waals surface area contributed by atoms with Gasteiger partial charge in [0.05, 0.1) is 12.1 Å². The average Bonchev–Trinajstić information content (AvgIpc) is 2.94. The zero-order valence-electron chi connectivity index (χ0n) is 10.2. The van der Waals surface area contributed by atoms with Gasteiger partial charge in [-0.25, -0.2) is 0 Å².